The minimum Gasteiger partial charge on any atom is -0.376 e. The highest BCUT2D eigenvalue weighted by atomic mass is 32.1. The summed E-state index contributed by atoms with van der Waals surface area (Å²) in [6.45, 7) is 2.71. The Morgan fingerprint density at radius 3 is 3.00 bits per heavy atom. The van der Waals surface area contributed by atoms with Crippen LogP contribution in [0.4, 0.5) is 0 Å². The molecule has 0 bridgehead atoms. The molecular formula is C15H20N2O3S. The molecule has 2 saturated heterocycles. The SMILES string of the molecule is Cc1csc(C(=O)NC2CCC(=O)NC2C2CCCO2)c1. The maximum absolute atomic E-state index is 12.3. The Morgan fingerprint density at radius 2 is 2.33 bits per heavy atom. The summed E-state index contributed by atoms with van der Waals surface area (Å²) >= 11 is 1.45. The smallest absolute Gasteiger partial charge is 0.261 e. The molecule has 1 aromatic heterocycles. The van der Waals surface area contributed by atoms with Crippen LogP contribution in [0.3, 0.4) is 0 Å². The van der Waals surface area contributed by atoms with Gasteiger partial charge in [-0.15, -0.1) is 11.3 Å². The number of carbonyl (C=O) groups excluding carboxylic acids is 2. The van der Waals surface area contributed by atoms with Crippen molar-refractivity contribution in [2.45, 2.75) is 50.8 Å². The van der Waals surface area contributed by atoms with Gasteiger partial charge in [0.05, 0.1) is 23.1 Å². The molecule has 0 aliphatic carbocycles. The molecule has 21 heavy (non-hydrogen) atoms. The van der Waals surface area contributed by atoms with Gasteiger partial charge in [0.25, 0.3) is 5.91 Å². The average molecular weight is 308 g/mol. The maximum atomic E-state index is 12.3. The number of aryl methyl sites for hydroxylation is 1. The van der Waals surface area contributed by atoms with Crippen LogP contribution in [-0.2, 0) is 9.53 Å². The number of ether oxygens (including phenoxy) is 1. The topological polar surface area (TPSA) is 67.4 Å². The van der Waals surface area contributed by atoms with Crippen LogP contribution in [0, 0.1) is 6.92 Å². The van der Waals surface area contributed by atoms with Crippen molar-refractivity contribution >= 4 is 23.2 Å². The van der Waals surface area contributed by atoms with E-state index in [0.29, 0.717) is 12.8 Å². The van der Waals surface area contributed by atoms with Crippen LogP contribution in [0.25, 0.3) is 0 Å². The second kappa shape index (κ2) is 6.15. The summed E-state index contributed by atoms with van der Waals surface area (Å²) in [6.07, 6.45) is 3.10. The van der Waals surface area contributed by atoms with Crippen molar-refractivity contribution in [3.05, 3.63) is 21.9 Å². The summed E-state index contributed by atoms with van der Waals surface area (Å²) in [5.41, 5.74) is 1.10. The van der Waals surface area contributed by atoms with Crippen molar-refractivity contribution in [3.8, 4) is 0 Å². The lowest BCUT2D eigenvalue weighted by atomic mass is 9.92. The van der Waals surface area contributed by atoms with Crippen LogP contribution in [0.5, 0.6) is 0 Å². The zero-order chi connectivity index (χ0) is 14.8. The predicted molar refractivity (Wildman–Crippen MR) is 80.4 cm³/mol. The Labute approximate surface area is 128 Å². The maximum Gasteiger partial charge on any atom is 0.261 e. The van der Waals surface area contributed by atoms with Gasteiger partial charge in [-0.3, -0.25) is 9.59 Å². The summed E-state index contributed by atoms with van der Waals surface area (Å²) < 4.78 is 5.70. The van der Waals surface area contributed by atoms with Gasteiger partial charge in [-0.25, -0.2) is 0 Å². The van der Waals surface area contributed by atoms with E-state index in [-0.39, 0.29) is 30.0 Å². The summed E-state index contributed by atoms with van der Waals surface area (Å²) in [7, 11) is 0. The minimum absolute atomic E-state index is 0.0182. The van der Waals surface area contributed by atoms with E-state index < -0.39 is 0 Å². The third kappa shape index (κ3) is 3.27. The first kappa shape index (κ1) is 14.5. The summed E-state index contributed by atoms with van der Waals surface area (Å²) in [4.78, 5) is 24.7. The molecule has 2 fully saturated rings. The Bertz CT molecular complexity index is 537. The Morgan fingerprint density at radius 1 is 1.48 bits per heavy atom. The lowest BCUT2D eigenvalue weighted by Gasteiger charge is -2.35. The van der Waals surface area contributed by atoms with Crippen LogP contribution < -0.4 is 10.6 Å². The van der Waals surface area contributed by atoms with Crippen molar-refractivity contribution < 1.29 is 14.3 Å². The first-order valence-electron chi connectivity index (χ1n) is 7.40. The van der Waals surface area contributed by atoms with Gasteiger partial charge in [-0.05, 0) is 43.2 Å². The number of amides is 2. The monoisotopic (exact) mass is 308 g/mol. The molecule has 2 amide bonds. The normalized spacial score (nSPS) is 29.2. The Balaban J connectivity index is 1.69. The number of hydrogen-bond donors (Lipinski definition) is 2. The first-order valence-corrected chi connectivity index (χ1v) is 8.28. The molecule has 3 heterocycles. The van der Waals surface area contributed by atoms with E-state index in [2.05, 4.69) is 10.6 Å². The quantitative estimate of drug-likeness (QED) is 0.891. The second-order valence-corrected chi connectivity index (χ2v) is 6.66. The van der Waals surface area contributed by atoms with Gasteiger partial charge in [0.2, 0.25) is 5.91 Å². The second-order valence-electron chi connectivity index (χ2n) is 5.75. The van der Waals surface area contributed by atoms with Crippen molar-refractivity contribution in [2.24, 2.45) is 0 Å². The van der Waals surface area contributed by atoms with Gasteiger partial charge < -0.3 is 15.4 Å². The number of piperidine rings is 1. The lowest BCUT2D eigenvalue weighted by molar-refractivity contribution is -0.125. The van der Waals surface area contributed by atoms with Crippen LogP contribution in [0.15, 0.2) is 11.4 Å². The van der Waals surface area contributed by atoms with E-state index in [4.69, 9.17) is 4.74 Å². The van der Waals surface area contributed by atoms with Crippen molar-refractivity contribution in [1.29, 1.82) is 0 Å². The van der Waals surface area contributed by atoms with Gasteiger partial charge in [0, 0.05) is 13.0 Å². The average Bonchev–Trinajstić information content (AvgIpc) is 3.11. The number of rotatable bonds is 3. The Hall–Kier alpha value is -1.40. The first-order chi connectivity index (χ1) is 10.1. The Kier molecular flexibility index (Phi) is 4.26. The number of nitrogens with one attached hydrogen (secondary N) is 2. The fraction of sp³-hybridized carbons (Fsp3) is 0.600. The molecule has 0 radical (unpaired) electrons. The van der Waals surface area contributed by atoms with E-state index in [9.17, 15) is 9.59 Å². The van der Waals surface area contributed by atoms with Gasteiger partial charge in [-0.2, -0.15) is 0 Å². The zero-order valence-electron chi connectivity index (χ0n) is 12.1. The van der Waals surface area contributed by atoms with E-state index in [1.54, 1.807) is 0 Å². The molecule has 3 rings (SSSR count). The molecular weight excluding hydrogens is 288 g/mol. The highest BCUT2D eigenvalue weighted by Crippen LogP contribution is 2.23. The molecule has 0 saturated carbocycles. The number of hydrogen-bond acceptors (Lipinski definition) is 4. The zero-order valence-corrected chi connectivity index (χ0v) is 12.9. The molecule has 2 aliphatic rings. The van der Waals surface area contributed by atoms with E-state index >= 15 is 0 Å². The number of carbonyl (C=O) groups is 2. The van der Waals surface area contributed by atoms with E-state index in [1.807, 2.05) is 18.4 Å². The molecule has 1 aromatic rings. The fourth-order valence-corrected chi connectivity index (χ4v) is 3.82. The molecule has 2 aliphatic heterocycles. The molecule has 3 unspecified atom stereocenters. The van der Waals surface area contributed by atoms with Crippen LogP contribution in [0.2, 0.25) is 0 Å². The summed E-state index contributed by atoms with van der Waals surface area (Å²) in [5, 5.41) is 8.04. The lowest BCUT2D eigenvalue weighted by Crippen LogP contribution is -2.60. The minimum atomic E-state index is -0.112. The van der Waals surface area contributed by atoms with Crippen LogP contribution >= 0.6 is 11.3 Å². The highest BCUT2D eigenvalue weighted by molar-refractivity contribution is 7.12. The summed E-state index contributed by atoms with van der Waals surface area (Å²) in [6, 6.07) is 1.72. The number of thiophene rings is 1. The fourth-order valence-electron chi connectivity index (χ4n) is 3.01. The van der Waals surface area contributed by atoms with Gasteiger partial charge in [0.1, 0.15) is 0 Å². The van der Waals surface area contributed by atoms with E-state index in [1.165, 1.54) is 11.3 Å². The van der Waals surface area contributed by atoms with Crippen LogP contribution in [-0.4, -0.2) is 36.6 Å². The third-order valence-electron chi connectivity index (χ3n) is 4.08. The van der Waals surface area contributed by atoms with Gasteiger partial charge in [-0.1, -0.05) is 0 Å². The standard InChI is InChI=1S/C15H20N2O3S/c1-9-7-12(21-8-9)15(19)16-10-4-5-13(18)17-14(10)11-3-2-6-20-11/h7-8,10-11,14H,2-6H2,1H3,(H,16,19)(H,17,18). The van der Waals surface area contributed by atoms with Crippen LogP contribution in [0.1, 0.15) is 40.9 Å². The molecule has 0 spiro atoms. The molecule has 6 heteroatoms. The van der Waals surface area contributed by atoms with Crippen molar-refractivity contribution in [1.82, 2.24) is 10.6 Å². The van der Waals surface area contributed by atoms with Gasteiger partial charge in [0.15, 0.2) is 0 Å². The predicted octanol–water partition coefficient (Wildman–Crippen LogP) is 1.61. The van der Waals surface area contributed by atoms with Crippen molar-refractivity contribution in [3.63, 3.8) is 0 Å². The molecule has 0 aromatic carbocycles. The molecule has 3 atom stereocenters. The molecule has 5 nitrogen and oxygen atoms in total. The molecule has 2 N–H and O–H groups in total. The highest BCUT2D eigenvalue weighted by Gasteiger charge is 2.37. The summed E-state index contributed by atoms with van der Waals surface area (Å²) in [5.74, 6) is -0.00906. The van der Waals surface area contributed by atoms with Gasteiger partial charge >= 0.3 is 0 Å². The molecule has 114 valence electrons. The van der Waals surface area contributed by atoms with Crippen molar-refractivity contribution in [2.75, 3.05) is 6.61 Å². The largest absolute Gasteiger partial charge is 0.376 e. The third-order valence-corrected chi connectivity index (χ3v) is 5.13. The van der Waals surface area contributed by atoms with E-state index in [0.717, 1.165) is 29.9 Å².